The number of nitrogens with zero attached hydrogens (tertiary/aromatic N) is 1. The predicted octanol–water partition coefficient (Wildman–Crippen LogP) is 1.86. The zero-order valence-corrected chi connectivity index (χ0v) is 12.1. The number of likely N-dealkylation sites (N-methyl/N-ethyl adjacent to an activating group) is 1. The van der Waals surface area contributed by atoms with Gasteiger partial charge < -0.3 is 9.47 Å². The highest BCUT2D eigenvalue weighted by Crippen LogP contribution is 2.48. The molecule has 4 heteroatoms. The molecule has 0 N–H and O–H groups in total. The van der Waals surface area contributed by atoms with E-state index in [0.29, 0.717) is 29.9 Å². The van der Waals surface area contributed by atoms with Gasteiger partial charge in [0.25, 0.3) is 0 Å². The Morgan fingerprint density at radius 3 is 2.48 bits per heavy atom. The van der Waals surface area contributed by atoms with Crippen molar-refractivity contribution < 1.29 is 14.3 Å². The van der Waals surface area contributed by atoms with E-state index in [1.165, 1.54) is 0 Å². The van der Waals surface area contributed by atoms with Gasteiger partial charge in [0.1, 0.15) is 18.3 Å². The van der Waals surface area contributed by atoms with Gasteiger partial charge in [0, 0.05) is 24.9 Å². The molecule has 0 radical (unpaired) electrons. The molecule has 3 heterocycles. The predicted molar refractivity (Wildman–Crippen MR) is 78.6 cm³/mol. The number of hydrogen-bond acceptors (Lipinski definition) is 4. The normalized spacial score (nSPS) is 36.9. The molecule has 3 fully saturated rings. The number of piperidine rings is 1. The minimum atomic E-state index is -0.301. The molecule has 3 aliphatic rings. The van der Waals surface area contributed by atoms with E-state index in [2.05, 4.69) is 18.5 Å². The van der Waals surface area contributed by atoms with E-state index < -0.39 is 0 Å². The molecular formula is C17H19NO3. The number of fused-ring (bicyclic) bond motifs is 5. The van der Waals surface area contributed by atoms with Gasteiger partial charge in [0.2, 0.25) is 0 Å². The largest absolute Gasteiger partial charge is 0.459 e. The van der Waals surface area contributed by atoms with E-state index in [4.69, 9.17) is 9.47 Å². The van der Waals surface area contributed by atoms with Gasteiger partial charge in [-0.05, 0) is 12.6 Å². The number of carbonyl (C=O) groups is 1. The molecule has 1 aromatic carbocycles. The number of ether oxygens (including phenoxy) is 2. The van der Waals surface area contributed by atoms with Crippen LogP contribution in [0.5, 0.6) is 0 Å². The second kappa shape index (κ2) is 4.68. The highest BCUT2D eigenvalue weighted by atomic mass is 16.6. The quantitative estimate of drug-likeness (QED) is 0.483. The van der Waals surface area contributed by atoms with Gasteiger partial charge in [0.15, 0.2) is 0 Å². The fourth-order valence-electron chi connectivity index (χ4n) is 3.78. The Morgan fingerprint density at radius 2 is 1.86 bits per heavy atom. The first-order chi connectivity index (χ1) is 10.1. The molecule has 0 unspecified atom stereocenters. The van der Waals surface area contributed by atoms with E-state index in [1.54, 1.807) is 0 Å². The van der Waals surface area contributed by atoms with Crippen LogP contribution >= 0.6 is 0 Å². The van der Waals surface area contributed by atoms with Gasteiger partial charge in [-0.15, -0.1) is 0 Å². The monoisotopic (exact) mass is 285 g/mol. The number of esters is 1. The van der Waals surface area contributed by atoms with Crippen molar-refractivity contribution in [2.75, 3.05) is 7.05 Å². The van der Waals surface area contributed by atoms with Crippen molar-refractivity contribution in [1.29, 1.82) is 0 Å². The summed E-state index contributed by atoms with van der Waals surface area (Å²) in [5, 5.41) is 0. The van der Waals surface area contributed by atoms with Gasteiger partial charge in [-0.1, -0.05) is 36.9 Å². The molecule has 0 saturated carbocycles. The lowest BCUT2D eigenvalue weighted by Crippen LogP contribution is -2.47. The number of carbonyl (C=O) groups excluding carboxylic acids is 1. The lowest BCUT2D eigenvalue weighted by atomic mass is 9.99. The second-order valence-corrected chi connectivity index (χ2v) is 6.21. The highest BCUT2D eigenvalue weighted by Gasteiger charge is 2.62. The molecule has 3 saturated heterocycles. The Kier molecular flexibility index (Phi) is 2.91. The van der Waals surface area contributed by atoms with E-state index >= 15 is 0 Å². The van der Waals surface area contributed by atoms with Gasteiger partial charge in [-0.2, -0.15) is 0 Å². The molecule has 0 aliphatic carbocycles. The molecule has 21 heavy (non-hydrogen) atoms. The third kappa shape index (κ3) is 2.10. The molecule has 0 aromatic heterocycles. The first-order valence-corrected chi connectivity index (χ1v) is 7.48. The Morgan fingerprint density at radius 1 is 1.24 bits per heavy atom. The lowest BCUT2D eigenvalue weighted by molar-refractivity contribution is -0.146. The van der Waals surface area contributed by atoms with E-state index in [0.717, 1.165) is 18.4 Å². The number of benzene rings is 1. The van der Waals surface area contributed by atoms with Crippen LogP contribution in [0.4, 0.5) is 0 Å². The summed E-state index contributed by atoms with van der Waals surface area (Å²) in [6, 6.07) is 10.3. The fraction of sp³-hybridized carbons (Fsp3) is 0.471. The molecule has 0 amide bonds. The third-order valence-electron chi connectivity index (χ3n) is 5.02. The van der Waals surface area contributed by atoms with Crippen LogP contribution in [0.2, 0.25) is 0 Å². The molecule has 1 aromatic rings. The average Bonchev–Trinajstić information content (AvgIpc) is 3.25. The van der Waals surface area contributed by atoms with Crippen LogP contribution in [0.3, 0.4) is 0 Å². The smallest absolute Gasteiger partial charge is 0.338 e. The van der Waals surface area contributed by atoms with E-state index in [9.17, 15) is 4.79 Å². The number of rotatable bonds is 3. The van der Waals surface area contributed by atoms with Crippen molar-refractivity contribution >= 4 is 11.5 Å². The Labute approximate surface area is 124 Å². The summed E-state index contributed by atoms with van der Waals surface area (Å²) < 4.78 is 11.3. The number of hydrogen-bond donors (Lipinski definition) is 0. The van der Waals surface area contributed by atoms with Crippen LogP contribution in [0.25, 0.3) is 5.57 Å². The van der Waals surface area contributed by atoms with Crippen LogP contribution in [-0.4, -0.2) is 48.3 Å². The van der Waals surface area contributed by atoms with Crippen LogP contribution in [0.15, 0.2) is 36.9 Å². The van der Waals surface area contributed by atoms with E-state index in [-0.39, 0.29) is 12.1 Å². The Bertz CT molecular complexity index is 567. The van der Waals surface area contributed by atoms with Crippen LogP contribution in [-0.2, 0) is 14.3 Å². The number of morpholine rings is 1. The summed E-state index contributed by atoms with van der Waals surface area (Å²) in [5.74, 6) is -0.301. The maximum atomic E-state index is 12.3. The summed E-state index contributed by atoms with van der Waals surface area (Å²) in [6.45, 7) is 3.87. The molecule has 0 spiro atoms. The standard InChI is InChI=1S/C17H19NO3/c1-10(11-6-4-3-5-7-11)17(19)20-12-8-13-15-16(21-15)14(9-12)18(13)2/h3-7,12-16H,1,8-9H2,2H3/t12-,13-,14+,15-,16+. The van der Waals surface area contributed by atoms with Gasteiger partial charge in [0.05, 0.1) is 5.57 Å². The van der Waals surface area contributed by atoms with Gasteiger partial charge >= 0.3 is 5.97 Å². The summed E-state index contributed by atoms with van der Waals surface area (Å²) in [7, 11) is 2.14. The maximum Gasteiger partial charge on any atom is 0.338 e. The summed E-state index contributed by atoms with van der Waals surface area (Å²) in [5.41, 5.74) is 1.26. The third-order valence-corrected chi connectivity index (χ3v) is 5.02. The molecule has 4 nitrogen and oxygen atoms in total. The van der Waals surface area contributed by atoms with Gasteiger partial charge in [-0.3, -0.25) is 4.90 Å². The Balaban J connectivity index is 1.41. The van der Waals surface area contributed by atoms with Crippen LogP contribution in [0.1, 0.15) is 18.4 Å². The minimum absolute atomic E-state index is 0.0134. The van der Waals surface area contributed by atoms with E-state index in [1.807, 2.05) is 30.3 Å². The molecule has 3 aliphatic heterocycles. The van der Waals surface area contributed by atoms with Gasteiger partial charge in [-0.25, -0.2) is 4.79 Å². The highest BCUT2D eigenvalue weighted by molar-refractivity contribution is 6.15. The zero-order valence-electron chi connectivity index (χ0n) is 12.1. The summed E-state index contributed by atoms with van der Waals surface area (Å²) >= 11 is 0. The van der Waals surface area contributed by atoms with Crippen molar-refractivity contribution in [3.63, 3.8) is 0 Å². The zero-order chi connectivity index (χ0) is 14.6. The van der Waals surface area contributed by atoms with Crippen LogP contribution < -0.4 is 0 Å². The summed E-state index contributed by atoms with van der Waals surface area (Å²) in [6.07, 6.45) is 2.44. The van der Waals surface area contributed by atoms with Crippen molar-refractivity contribution in [2.24, 2.45) is 0 Å². The number of epoxide rings is 1. The second-order valence-electron chi connectivity index (χ2n) is 6.21. The van der Waals surface area contributed by atoms with Crippen molar-refractivity contribution in [1.82, 2.24) is 4.90 Å². The van der Waals surface area contributed by atoms with Crippen molar-refractivity contribution in [2.45, 2.75) is 43.2 Å². The molecule has 5 atom stereocenters. The maximum absolute atomic E-state index is 12.3. The first-order valence-electron chi connectivity index (χ1n) is 7.48. The Hall–Kier alpha value is -1.65. The molecule has 4 rings (SSSR count). The molecular weight excluding hydrogens is 266 g/mol. The van der Waals surface area contributed by atoms with Crippen LogP contribution in [0, 0.1) is 0 Å². The average molecular weight is 285 g/mol. The first kappa shape index (κ1) is 13.0. The topological polar surface area (TPSA) is 42.1 Å². The minimum Gasteiger partial charge on any atom is -0.459 e. The molecule has 110 valence electrons. The van der Waals surface area contributed by atoms with Crippen molar-refractivity contribution in [3.8, 4) is 0 Å². The van der Waals surface area contributed by atoms with Crippen molar-refractivity contribution in [3.05, 3.63) is 42.5 Å². The summed E-state index contributed by atoms with van der Waals surface area (Å²) in [4.78, 5) is 14.6. The fourth-order valence-corrected chi connectivity index (χ4v) is 3.78. The lowest BCUT2D eigenvalue weighted by Gasteiger charge is -2.37. The SMILES string of the molecule is C=C(C(=O)O[C@@H]1C[C@@H]2[C@H]3O[C@H]3[C@H](C1)N2C)c1ccccc1. The molecule has 2 bridgehead atoms.